The summed E-state index contributed by atoms with van der Waals surface area (Å²) in [7, 11) is 0. The molecule has 1 aromatic carbocycles. The lowest BCUT2D eigenvalue weighted by Gasteiger charge is -2.26. The van der Waals surface area contributed by atoms with Gasteiger partial charge in [-0.15, -0.1) is 0 Å². The van der Waals surface area contributed by atoms with E-state index in [-0.39, 0.29) is 6.04 Å². The number of phenolic OH excluding ortho intramolecular Hbond substituents is 1. The Morgan fingerprint density at radius 1 is 1.47 bits per heavy atom. The van der Waals surface area contributed by atoms with E-state index in [0.29, 0.717) is 10.5 Å². The van der Waals surface area contributed by atoms with Crippen molar-refractivity contribution in [1.29, 1.82) is 0 Å². The molecule has 2 N–H and O–H groups in total. The van der Waals surface area contributed by atoms with E-state index >= 15 is 0 Å². The average molecular weight is 251 g/mol. The van der Waals surface area contributed by atoms with Gasteiger partial charge >= 0.3 is 0 Å². The average Bonchev–Trinajstić information content (AvgIpc) is 2.74. The second kappa shape index (κ2) is 5.32. The van der Waals surface area contributed by atoms with Crippen molar-refractivity contribution >= 4 is 11.8 Å². The second-order valence-electron chi connectivity index (χ2n) is 5.06. The maximum absolute atomic E-state index is 9.79. The van der Waals surface area contributed by atoms with Crippen molar-refractivity contribution in [3.8, 4) is 5.75 Å². The minimum absolute atomic E-state index is 0.203. The van der Waals surface area contributed by atoms with Gasteiger partial charge in [0.05, 0.1) is 0 Å². The van der Waals surface area contributed by atoms with Gasteiger partial charge in [-0.1, -0.05) is 18.2 Å². The Morgan fingerprint density at radius 2 is 2.24 bits per heavy atom. The van der Waals surface area contributed by atoms with Crippen LogP contribution in [0.4, 0.5) is 0 Å². The third-order valence-corrected chi connectivity index (χ3v) is 5.02. The third-order valence-electron chi connectivity index (χ3n) is 3.49. The largest absolute Gasteiger partial charge is 0.508 e. The first kappa shape index (κ1) is 12.8. The maximum atomic E-state index is 9.79. The second-order valence-corrected chi connectivity index (χ2v) is 6.75. The summed E-state index contributed by atoms with van der Waals surface area (Å²) >= 11 is 2.06. The molecule has 2 atom stereocenters. The molecule has 17 heavy (non-hydrogen) atoms. The van der Waals surface area contributed by atoms with Crippen LogP contribution in [-0.4, -0.2) is 22.2 Å². The molecule has 1 aromatic rings. The minimum Gasteiger partial charge on any atom is -0.508 e. The molecular formula is C14H21NOS. The molecule has 0 bridgehead atoms. The summed E-state index contributed by atoms with van der Waals surface area (Å²) in [5.41, 5.74) is 0.985. The highest BCUT2D eigenvalue weighted by Gasteiger charge is 2.29. The van der Waals surface area contributed by atoms with Gasteiger partial charge in [0.25, 0.3) is 0 Å². The monoisotopic (exact) mass is 251 g/mol. The van der Waals surface area contributed by atoms with Crippen LogP contribution in [0.3, 0.4) is 0 Å². The van der Waals surface area contributed by atoms with Crippen LogP contribution in [0, 0.1) is 0 Å². The van der Waals surface area contributed by atoms with Gasteiger partial charge in [-0.05, 0) is 38.5 Å². The summed E-state index contributed by atoms with van der Waals surface area (Å²) in [6.07, 6.45) is 2.62. The number of hydrogen-bond donors (Lipinski definition) is 2. The van der Waals surface area contributed by atoms with Crippen molar-refractivity contribution in [3.05, 3.63) is 29.8 Å². The molecule has 0 aliphatic carbocycles. The number of phenols is 1. The highest BCUT2D eigenvalue weighted by Crippen LogP contribution is 2.37. The summed E-state index contributed by atoms with van der Waals surface area (Å²) < 4.78 is 0.374. The predicted molar refractivity (Wildman–Crippen MR) is 74.6 cm³/mol. The molecule has 1 heterocycles. The molecule has 0 radical (unpaired) electrons. The Hall–Kier alpha value is -0.670. The van der Waals surface area contributed by atoms with Crippen molar-refractivity contribution in [2.24, 2.45) is 0 Å². The number of thioether (sulfide) groups is 1. The van der Waals surface area contributed by atoms with E-state index in [9.17, 15) is 5.11 Å². The molecule has 3 heteroatoms. The molecule has 0 saturated carbocycles. The standard InChI is InChI=1S/C14H21NOS/c1-11(12-6-3-4-7-13(12)16)15-10-14(2)8-5-9-17-14/h3-4,6-7,11,15-16H,5,8-10H2,1-2H3. The molecule has 2 nitrogen and oxygen atoms in total. The predicted octanol–water partition coefficient (Wildman–Crippen LogP) is 3.33. The van der Waals surface area contributed by atoms with E-state index in [2.05, 4.69) is 30.9 Å². The summed E-state index contributed by atoms with van der Waals surface area (Å²) in [5, 5.41) is 13.3. The van der Waals surface area contributed by atoms with Crippen LogP contribution in [0.1, 0.15) is 38.3 Å². The summed E-state index contributed by atoms with van der Waals surface area (Å²) in [6.45, 7) is 5.44. The molecule has 1 fully saturated rings. The molecule has 0 aromatic heterocycles. The molecule has 1 saturated heterocycles. The molecule has 94 valence electrons. The smallest absolute Gasteiger partial charge is 0.120 e. The summed E-state index contributed by atoms with van der Waals surface area (Å²) in [6, 6.07) is 7.77. The Kier molecular flexibility index (Phi) is 4.00. The van der Waals surface area contributed by atoms with Gasteiger partial charge in [0.15, 0.2) is 0 Å². The topological polar surface area (TPSA) is 32.3 Å². The number of aromatic hydroxyl groups is 1. The van der Waals surface area contributed by atoms with Crippen molar-refractivity contribution in [2.45, 2.75) is 37.5 Å². The maximum Gasteiger partial charge on any atom is 0.120 e. The van der Waals surface area contributed by atoms with Crippen molar-refractivity contribution in [3.63, 3.8) is 0 Å². The number of rotatable bonds is 4. The van der Waals surface area contributed by atoms with Gasteiger partial charge in [0.2, 0.25) is 0 Å². The van der Waals surface area contributed by atoms with Crippen molar-refractivity contribution in [1.82, 2.24) is 5.32 Å². The van der Waals surface area contributed by atoms with Crippen LogP contribution in [-0.2, 0) is 0 Å². The Bertz CT molecular complexity index is 374. The van der Waals surface area contributed by atoms with Crippen molar-refractivity contribution < 1.29 is 5.11 Å². The van der Waals surface area contributed by atoms with Gasteiger partial charge in [-0.3, -0.25) is 0 Å². The Labute approximate surface area is 108 Å². The highest BCUT2D eigenvalue weighted by atomic mass is 32.2. The lowest BCUT2D eigenvalue weighted by atomic mass is 10.0. The van der Waals surface area contributed by atoms with E-state index in [1.165, 1.54) is 18.6 Å². The van der Waals surface area contributed by atoms with Gasteiger partial charge in [0, 0.05) is 22.9 Å². The third kappa shape index (κ3) is 3.17. The fraction of sp³-hybridized carbons (Fsp3) is 0.571. The quantitative estimate of drug-likeness (QED) is 0.861. The van der Waals surface area contributed by atoms with Gasteiger partial charge in [0.1, 0.15) is 5.75 Å². The zero-order chi connectivity index (χ0) is 12.3. The fourth-order valence-electron chi connectivity index (χ4n) is 2.31. The van der Waals surface area contributed by atoms with Gasteiger partial charge in [-0.25, -0.2) is 0 Å². The number of benzene rings is 1. The van der Waals surface area contributed by atoms with Crippen LogP contribution < -0.4 is 5.32 Å². The van der Waals surface area contributed by atoms with Gasteiger partial charge < -0.3 is 10.4 Å². The lowest BCUT2D eigenvalue weighted by molar-refractivity contribution is 0.442. The normalized spacial score (nSPS) is 26.0. The highest BCUT2D eigenvalue weighted by molar-refractivity contribution is 8.00. The van der Waals surface area contributed by atoms with E-state index in [1.54, 1.807) is 6.07 Å². The number of hydrogen-bond acceptors (Lipinski definition) is 3. The van der Waals surface area contributed by atoms with Crippen LogP contribution >= 0.6 is 11.8 Å². The first-order valence-electron chi connectivity index (χ1n) is 6.26. The zero-order valence-electron chi connectivity index (χ0n) is 10.6. The Balaban J connectivity index is 1.93. The Morgan fingerprint density at radius 3 is 2.88 bits per heavy atom. The van der Waals surface area contributed by atoms with Crippen LogP contribution in [0.15, 0.2) is 24.3 Å². The SMILES string of the molecule is CC(NCC1(C)CCCS1)c1ccccc1O. The summed E-state index contributed by atoms with van der Waals surface area (Å²) in [5.74, 6) is 1.67. The molecule has 2 rings (SSSR count). The lowest BCUT2D eigenvalue weighted by Crippen LogP contribution is -2.34. The van der Waals surface area contributed by atoms with E-state index in [1.807, 2.05) is 18.2 Å². The molecule has 2 unspecified atom stereocenters. The minimum atomic E-state index is 0.203. The molecule has 0 amide bonds. The zero-order valence-corrected chi connectivity index (χ0v) is 11.4. The number of nitrogens with one attached hydrogen (secondary N) is 1. The van der Waals surface area contributed by atoms with E-state index in [4.69, 9.17) is 0 Å². The molecule has 1 aliphatic heterocycles. The molecule has 0 spiro atoms. The van der Waals surface area contributed by atoms with Crippen LogP contribution in [0.25, 0.3) is 0 Å². The fourth-order valence-corrected chi connectivity index (χ4v) is 3.56. The van der Waals surface area contributed by atoms with Crippen LogP contribution in [0.2, 0.25) is 0 Å². The van der Waals surface area contributed by atoms with Crippen LogP contribution in [0.5, 0.6) is 5.75 Å². The molecule has 1 aliphatic rings. The van der Waals surface area contributed by atoms with Gasteiger partial charge in [-0.2, -0.15) is 11.8 Å². The van der Waals surface area contributed by atoms with E-state index in [0.717, 1.165) is 12.1 Å². The van der Waals surface area contributed by atoms with E-state index < -0.39 is 0 Å². The summed E-state index contributed by atoms with van der Waals surface area (Å²) in [4.78, 5) is 0. The molecular weight excluding hydrogens is 230 g/mol. The first-order chi connectivity index (χ1) is 8.11. The first-order valence-corrected chi connectivity index (χ1v) is 7.24. The van der Waals surface area contributed by atoms with Crippen molar-refractivity contribution in [2.75, 3.05) is 12.3 Å². The number of para-hydroxylation sites is 1.